The van der Waals surface area contributed by atoms with Crippen molar-refractivity contribution in [2.75, 3.05) is 65.0 Å². The summed E-state index contributed by atoms with van der Waals surface area (Å²) in [6.07, 6.45) is 2.68. The number of ether oxygens (including phenoxy) is 2. The highest BCUT2D eigenvalue weighted by atomic mass is 16.5. The average Bonchev–Trinajstić information content (AvgIpc) is 3.49. The lowest BCUT2D eigenvalue weighted by Crippen LogP contribution is -2.53. The standard InChI is InChI=1S/C19H30N4O2/c1-20-19(21-9-14-25-15-16-3-4-16)23-12-10-22(11-13-23)17-5-7-18(24-2)8-6-17/h5-8,16H,3-4,9-15H2,1-2H3,(H,20,21). The minimum Gasteiger partial charge on any atom is -0.497 e. The summed E-state index contributed by atoms with van der Waals surface area (Å²) in [6, 6.07) is 8.28. The van der Waals surface area contributed by atoms with Gasteiger partial charge in [-0.25, -0.2) is 0 Å². The number of nitrogens with one attached hydrogen (secondary N) is 1. The smallest absolute Gasteiger partial charge is 0.193 e. The van der Waals surface area contributed by atoms with Crippen molar-refractivity contribution in [3.8, 4) is 5.75 Å². The zero-order valence-corrected chi connectivity index (χ0v) is 15.4. The highest BCUT2D eigenvalue weighted by Gasteiger charge is 2.21. The molecule has 0 unspecified atom stereocenters. The number of piperazine rings is 1. The predicted molar refractivity (Wildman–Crippen MR) is 102 cm³/mol. The third kappa shape index (κ3) is 5.26. The molecule has 0 atom stereocenters. The lowest BCUT2D eigenvalue weighted by atomic mass is 10.2. The summed E-state index contributed by atoms with van der Waals surface area (Å²) in [4.78, 5) is 9.14. The van der Waals surface area contributed by atoms with Gasteiger partial charge in [0.15, 0.2) is 5.96 Å². The van der Waals surface area contributed by atoms with Crippen LogP contribution in [0.4, 0.5) is 5.69 Å². The van der Waals surface area contributed by atoms with Gasteiger partial charge in [-0.15, -0.1) is 0 Å². The normalized spacial score (nSPS) is 18.4. The summed E-state index contributed by atoms with van der Waals surface area (Å²) in [5, 5.41) is 3.42. The maximum absolute atomic E-state index is 5.68. The van der Waals surface area contributed by atoms with Gasteiger partial charge in [-0.3, -0.25) is 4.99 Å². The molecule has 1 aromatic carbocycles. The van der Waals surface area contributed by atoms with E-state index in [4.69, 9.17) is 9.47 Å². The molecule has 1 aliphatic carbocycles. The van der Waals surface area contributed by atoms with Crippen molar-refractivity contribution in [3.63, 3.8) is 0 Å². The molecule has 6 heteroatoms. The maximum Gasteiger partial charge on any atom is 0.193 e. The Labute approximate surface area is 150 Å². The monoisotopic (exact) mass is 346 g/mol. The molecule has 25 heavy (non-hydrogen) atoms. The number of benzene rings is 1. The third-order valence-corrected chi connectivity index (χ3v) is 4.81. The molecule has 0 bridgehead atoms. The molecule has 0 aromatic heterocycles. The fraction of sp³-hybridized carbons (Fsp3) is 0.632. The molecule has 1 aliphatic heterocycles. The number of methoxy groups -OCH3 is 1. The Morgan fingerprint density at radius 1 is 1.16 bits per heavy atom. The summed E-state index contributed by atoms with van der Waals surface area (Å²) in [7, 11) is 3.55. The quantitative estimate of drug-likeness (QED) is 0.464. The molecule has 3 rings (SSSR count). The second-order valence-electron chi connectivity index (χ2n) is 6.66. The summed E-state index contributed by atoms with van der Waals surface area (Å²) >= 11 is 0. The zero-order valence-electron chi connectivity index (χ0n) is 15.4. The molecule has 0 amide bonds. The molecule has 1 aromatic rings. The van der Waals surface area contributed by atoms with E-state index >= 15 is 0 Å². The summed E-state index contributed by atoms with van der Waals surface area (Å²) in [5.74, 6) is 2.70. The number of guanidine groups is 1. The molecular formula is C19H30N4O2. The molecule has 2 fully saturated rings. The molecule has 1 heterocycles. The molecule has 0 spiro atoms. The highest BCUT2D eigenvalue weighted by Crippen LogP contribution is 2.28. The molecule has 6 nitrogen and oxygen atoms in total. The third-order valence-electron chi connectivity index (χ3n) is 4.81. The lowest BCUT2D eigenvalue weighted by molar-refractivity contribution is 0.128. The predicted octanol–water partition coefficient (Wildman–Crippen LogP) is 1.82. The first-order valence-corrected chi connectivity index (χ1v) is 9.22. The van der Waals surface area contributed by atoms with Gasteiger partial charge in [0, 0.05) is 52.1 Å². The van der Waals surface area contributed by atoms with E-state index in [1.807, 2.05) is 19.2 Å². The Kier molecular flexibility index (Phi) is 6.39. The molecule has 1 N–H and O–H groups in total. The fourth-order valence-corrected chi connectivity index (χ4v) is 3.07. The van der Waals surface area contributed by atoms with Crippen molar-refractivity contribution >= 4 is 11.6 Å². The topological polar surface area (TPSA) is 49.3 Å². The second-order valence-corrected chi connectivity index (χ2v) is 6.66. The van der Waals surface area contributed by atoms with Crippen LogP contribution in [0.1, 0.15) is 12.8 Å². The van der Waals surface area contributed by atoms with Gasteiger partial charge < -0.3 is 24.6 Å². The Hall–Kier alpha value is -1.95. The van der Waals surface area contributed by atoms with Crippen molar-refractivity contribution in [3.05, 3.63) is 24.3 Å². The van der Waals surface area contributed by atoms with Crippen LogP contribution in [-0.4, -0.2) is 71.0 Å². The van der Waals surface area contributed by atoms with Crippen LogP contribution in [0.5, 0.6) is 5.75 Å². The van der Waals surface area contributed by atoms with Crippen molar-refractivity contribution in [2.24, 2.45) is 10.9 Å². The minimum absolute atomic E-state index is 0.751. The van der Waals surface area contributed by atoms with Crippen LogP contribution < -0.4 is 15.0 Å². The van der Waals surface area contributed by atoms with Crippen LogP contribution >= 0.6 is 0 Å². The number of aliphatic imine (C=N–C) groups is 1. The molecular weight excluding hydrogens is 316 g/mol. The summed E-state index contributed by atoms with van der Waals surface area (Å²) in [6.45, 7) is 6.40. The van der Waals surface area contributed by atoms with Gasteiger partial charge in [0.05, 0.1) is 13.7 Å². The summed E-state index contributed by atoms with van der Waals surface area (Å²) < 4.78 is 10.9. The van der Waals surface area contributed by atoms with E-state index < -0.39 is 0 Å². The molecule has 1 saturated heterocycles. The SMILES string of the molecule is CN=C(NCCOCC1CC1)N1CCN(c2ccc(OC)cc2)CC1. The van der Waals surface area contributed by atoms with Gasteiger partial charge in [-0.2, -0.15) is 0 Å². The molecule has 0 radical (unpaired) electrons. The van der Waals surface area contributed by atoms with Crippen LogP contribution in [0.3, 0.4) is 0 Å². The number of hydrogen-bond acceptors (Lipinski definition) is 4. The van der Waals surface area contributed by atoms with Gasteiger partial charge >= 0.3 is 0 Å². The Morgan fingerprint density at radius 2 is 1.88 bits per heavy atom. The van der Waals surface area contributed by atoms with E-state index in [0.717, 1.165) is 63.6 Å². The van der Waals surface area contributed by atoms with E-state index in [0.29, 0.717) is 0 Å². The van der Waals surface area contributed by atoms with E-state index in [9.17, 15) is 0 Å². The van der Waals surface area contributed by atoms with Crippen LogP contribution in [0.25, 0.3) is 0 Å². The van der Waals surface area contributed by atoms with E-state index in [2.05, 4.69) is 32.2 Å². The van der Waals surface area contributed by atoms with Gasteiger partial charge in [-0.1, -0.05) is 0 Å². The van der Waals surface area contributed by atoms with Gasteiger partial charge in [0.2, 0.25) is 0 Å². The van der Waals surface area contributed by atoms with Crippen LogP contribution in [0, 0.1) is 5.92 Å². The second kappa shape index (κ2) is 8.94. The minimum atomic E-state index is 0.751. The first-order chi connectivity index (χ1) is 12.3. The van der Waals surface area contributed by atoms with Crippen molar-refractivity contribution in [2.45, 2.75) is 12.8 Å². The number of hydrogen-bond donors (Lipinski definition) is 1. The summed E-state index contributed by atoms with van der Waals surface area (Å²) in [5.41, 5.74) is 1.25. The largest absolute Gasteiger partial charge is 0.497 e. The van der Waals surface area contributed by atoms with E-state index in [1.165, 1.54) is 18.5 Å². The Morgan fingerprint density at radius 3 is 2.48 bits per heavy atom. The molecule has 2 aliphatic rings. The Balaban J connectivity index is 1.39. The van der Waals surface area contributed by atoms with Crippen LogP contribution in [-0.2, 0) is 4.74 Å². The van der Waals surface area contributed by atoms with Gasteiger partial charge in [0.1, 0.15) is 5.75 Å². The molecule has 1 saturated carbocycles. The van der Waals surface area contributed by atoms with Gasteiger partial charge in [-0.05, 0) is 43.0 Å². The fourth-order valence-electron chi connectivity index (χ4n) is 3.07. The van der Waals surface area contributed by atoms with Gasteiger partial charge in [0.25, 0.3) is 0 Å². The van der Waals surface area contributed by atoms with Crippen molar-refractivity contribution in [1.82, 2.24) is 10.2 Å². The maximum atomic E-state index is 5.68. The first-order valence-electron chi connectivity index (χ1n) is 9.22. The van der Waals surface area contributed by atoms with Crippen LogP contribution in [0.15, 0.2) is 29.3 Å². The van der Waals surface area contributed by atoms with Crippen molar-refractivity contribution < 1.29 is 9.47 Å². The zero-order chi connectivity index (χ0) is 17.5. The Bertz CT molecular complexity index is 549. The van der Waals surface area contributed by atoms with Crippen LogP contribution in [0.2, 0.25) is 0 Å². The number of anilines is 1. The lowest BCUT2D eigenvalue weighted by Gasteiger charge is -2.37. The molecule has 138 valence electrons. The first kappa shape index (κ1) is 17.9. The van der Waals surface area contributed by atoms with E-state index in [-0.39, 0.29) is 0 Å². The highest BCUT2D eigenvalue weighted by molar-refractivity contribution is 5.80. The average molecular weight is 346 g/mol. The number of rotatable bonds is 7. The number of nitrogens with zero attached hydrogens (tertiary/aromatic N) is 3. The van der Waals surface area contributed by atoms with Crippen molar-refractivity contribution in [1.29, 1.82) is 0 Å². The van der Waals surface area contributed by atoms with E-state index in [1.54, 1.807) is 7.11 Å².